The van der Waals surface area contributed by atoms with Crippen LogP contribution >= 0.6 is 0 Å². The lowest BCUT2D eigenvalue weighted by Crippen LogP contribution is -2.41. The Bertz CT molecular complexity index is 672. The lowest BCUT2D eigenvalue weighted by molar-refractivity contribution is -0.136. The molecule has 1 aliphatic heterocycles. The van der Waals surface area contributed by atoms with Gasteiger partial charge in [-0.25, -0.2) is 9.69 Å². The van der Waals surface area contributed by atoms with Crippen molar-refractivity contribution in [1.29, 1.82) is 0 Å². The molecule has 0 bridgehead atoms. The van der Waals surface area contributed by atoms with Crippen molar-refractivity contribution in [2.45, 2.75) is 19.3 Å². The van der Waals surface area contributed by atoms with Gasteiger partial charge in [0.1, 0.15) is 6.61 Å². The molecule has 5 heteroatoms. The average molecular weight is 311 g/mol. The summed E-state index contributed by atoms with van der Waals surface area (Å²) in [4.78, 5) is 25.3. The van der Waals surface area contributed by atoms with E-state index in [1.807, 2.05) is 60.7 Å². The van der Waals surface area contributed by atoms with Crippen molar-refractivity contribution >= 4 is 12.0 Å². The van der Waals surface area contributed by atoms with Gasteiger partial charge in [0.15, 0.2) is 6.23 Å². The third kappa shape index (κ3) is 3.76. The highest BCUT2D eigenvalue weighted by atomic mass is 16.6. The van der Waals surface area contributed by atoms with Gasteiger partial charge in [-0.2, -0.15) is 0 Å². The van der Waals surface area contributed by atoms with Gasteiger partial charge >= 0.3 is 6.09 Å². The summed E-state index contributed by atoms with van der Waals surface area (Å²) in [7, 11) is 0. The zero-order chi connectivity index (χ0) is 16.1. The van der Waals surface area contributed by atoms with Crippen molar-refractivity contribution in [2.24, 2.45) is 0 Å². The first-order valence-electron chi connectivity index (χ1n) is 7.42. The smallest absolute Gasteiger partial charge is 0.418 e. The van der Waals surface area contributed by atoms with Gasteiger partial charge in [-0.15, -0.1) is 0 Å². The fourth-order valence-corrected chi connectivity index (χ4v) is 2.41. The van der Waals surface area contributed by atoms with Crippen molar-refractivity contribution in [3.05, 3.63) is 71.8 Å². The maximum atomic E-state index is 12.4. The molecule has 2 amide bonds. The van der Waals surface area contributed by atoms with Gasteiger partial charge in [-0.3, -0.25) is 4.79 Å². The number of benzene rings is 2. The number of nitrogens with zero attached hydrogens (tertiary/aromatic N) is 1. The molecule has 1 atom stereocenters. The first-order chi connectivity index (χ1) is 11.2. The van der Waals surface area contributed by atoms with Crippen LogP contribution in [0.3, 0.4) is 0 Å². The molecule has 0 saturated carbocycles. The molecule has 3 rings (SSSR count). The minimum atomic E-state index is -0.682. The molecule has 1 unspecified atom stereocenters. The normalized spacial score (nSPS) is 17.1. The molecule has 0 N–H and O–H groups in total. The topological polar surface area (TPSA) is 55.8 Å². The van der Waals surface area contributed by atoms with Crippen LogP contribution in [-0.2, 0) is 27.3 Å². The van der Waals surface area contributed by atoms with Crippen LogP contribution in [0, 0.1) is 0 Å². The largest absolute Gasteiger partial charge is 0.444 e. The second-order valence-corrected chi connectivity index (χ2v) is 5.25. The number of carbonyl (C=O) groups is 2. The number of hydrogen-bond donors (Lipinski definition) is 0. The van der Waals surface area contributed by atoms with Crippen LogP contribution in [0.4, 0.5) is 4.79 Å². The highest BCUT2D eigenvalue weighted by molar-refractivity contribution is 5.94. The Morgan fingerprint density at radius 2 is 1.65 bits per heavy atom. The van der Waals surface area contributed by atoms with Crippen LogP contribution in [0.1, 0.15) is 11.1 Å². The fourth-order valence-electron chi connectivity index (χ4n) is 2.41. The highest BCUT2D eigenvalue weighted by Crippen LogP contribution is 2.17. The van der Waals surface area contributed by atoms with Gasteiger partial charge in [0.25, 0.3) is 0 Å². The monoisotopic (exact) mass is 311 g/mol. The van der Waals surface area contributed by atoms with Gasteiger partial charge < -0.3 is 9.47 Å². The van der Waals surface area contributed by atoms with Crippen LogP contribution < -0.4 is 0 Å². The quantitative estimate of drug-likeness (QED) is 0.852. The van der Waals surface area contributed by atoms with Crippen molar-refractivity contribution < 1.29 is 19.1 Å². The van der Waals surface area contributed by atoms with Crippen molar-refractivity contribution in [3.8, 4) is 0 Å². The van der Waals surface area contributed by atoms with Gasteiger partial charge in [-0.05, 0) is 11.1 Å². The molecule has 0 aliphatic carbocycles. The van der Waals surface area contributed by atoms with Crippen LogP contribution in [0.25, 0.3) is 0 Å². The zero-order valence-electron chi connectivity index (χ0n) is 12.6. The van der Waals surface area contributed by atoms with E-state index < -0.39 is 12.3 Å². The number of imide groups is 1. The van der Waals surface area contributed by atoms with Gasteiger partial charge in [0, 0.05) is 0 Å². The molecule has 0 radical (unpaired) electrons. The summed E-state index contributed by atoms with van der Waals surface area (Å²) in [5.74, 6) is -0.322. The number of amides is 2. The molecule has 1 heterocycles. The molecule has 118 valence electrons. The minimum Gasteiger partial charge on any atom is -0.444 e. The van der Waals surface area contributed by atoms with E-state index in [0.29, 0.717) is 6.61 Å². The fraction of sp³-hybridized carbons (Fsp3) is 0.222. The minimum absolute atomic E-state index is 0.0617. The summed E-state index contributed by atoms with van der Waals surface area (Å²) in [6, 6.07) is 18.9. The SMILES string of the molecule is O=C(Cc1ccccc1)N1C(=O)OCC1OCc1ccccc1. The summed E-state index contributed by atoms with van der Waals surface area (Å²) in [5, 5.41) is 0. The van der Waals surface area contributed by atoms with E-state index in [1.165, 1.54) is 0 Å². The standard InChI is InChI=1S/C18H17NO4/c20-16(11-14-7-3-1-4-8-14)19-17(13-23-18(19)21)22-12-15-9-5-2-6-10-15/h1-10,17H,11-13H2. The van der Waals surface area contributed by atoms with Gasteiger partial charge in [0.05, 0.1) is 13.0 Å². The van der Waals surface area contributed by atoms with Crippen molar-refractivity contribution in [2.75, 3.05) is 6.61 Å². The predicted octanol–water partition coefficient (Wildman–Crippen LogP) is 2.75. The first kappa shape index (κ1) is 15.2. The predicted molar refractivity (Wildman–Crippen MR) is 83.4 cm³/mol. The van der Waals surface area contributed by atoms with Gasteiger partial charge in [-0.1, -0.05) is 60.7 Å². The molecular weight excluding hydrogens is 294 g/mol. The van der Waals surface area contributed by atoms with Gasteiger partial charge in [0.2, 0.25) is 5.91 Å². The Balaban J connectivity index is 1.63. The van der Waals surface area contributed by atoms with E-state index in [0.717, 1.165) is 16.0 Å². The molecular formula is C18H17NO4. The number of rotatable bonds is 5. The lowest BCUT2D eigenvalue weighted by atomic mass is 10.1. The maximum Gasteiger partial charge on any atom is 0.418 e. The van der Waals surface area contributed by atoms with Crippen LogP contribution in [-0.4, -0.2) is 29.7 Å². The van der Waals surface area contributed by atoms with E-state index in [-0.39, 0.29) is 18.9 Å². The Morgan fingerprint density at radius 3 is 2.30 bits per heavy atom. The van der Waals surface area contributed by atoms with Crippen molar-refractivity contribution in [1.82, 2.24) is 4.90 Å². The Labute approximate surface area is 134 Å². The number of hydrogen-bond acceptors (Lipinski definition) is 4. The molecule has 0 spiro atoms. The van der Waals surface area contributed by atoms with Crippen LogP contribution in [0.15, 0.2) is 60.7 Å². The first-order valence-corrected chi connectivity index (χ1v) is 7.42. The zero-order valence-corrected chi connectivity index (χ0v) is 12.6. The Hall–Kier alpha value is -2.66. The second kappa shape index (κ2) is 7.07. The molecule has 2 aromatic carbocycles. The van der Waals surface area contributed by atoms with Crippen LogP contribution in [0.5, 0.6) is 0 Å². The molecule has 0 aromatic heterocycles. The molecule has 5 nitrogen and oxygen atoms in total. The maximum absolute atomic E-state index is 12.4. The van der Waals surface area contributed by atoms with E-state index in [1.54, 1.807) is 0 Å². The third-order valence-corrected chi connectivity index (χ3v) is 3.59. The summed E-state index contributed by atoms with van der Waals surface area (Å²) >= 11 is 0. The summed E-state index contributed by atoms with van der Waals surface area (Å²) in [6.07, 6.45) is -1.19. The van der Waals surface area contributed by atoms with Crippen molar-refractivity contribution in [3.63, 3.8) is 0 Å². The molecule has 1 saturated heterocycles. The van der Waals surface area contributed by atoms with Crippen LogP contribution in [0.2, 0.25) is 0 Å². The van der Waals surface area contributed by atoms with E-state index in [9.17, 15) is 9.59 Å². The number of ether oxygens (including phenoxy) is 2. The lowest BCUT2D eigenvalue weighted by Gasteiger charge is -2.20. The molecule has 1 aliphatic rings. The summed E-state index contributed by atoms with van der Waals surface area (Å²) < 4.78 is 10.7. The summed E-state index contributed by atoms with van der Waals surface area (Å²) in [5.41, 5.74) is 1.82. The van der Waals surface area contributed by atoms with E-state index >= 15 is 0 Å². The second-order valence-electron chi connectivity index (χ2n) is 5.25. The summed E-state index contributed by atoms with van der Waals surface area (Å²) in [6.45, 7) is 0.378. The van der Waals surface area contributed by atoms with E-state index in [4.69, 9.17) is 9.47 Å². The third-order valence-electron chi connectivity index (χ3n) is 3.59. The Kier molecular flexibility index (Phi) is 4.68. The number of carbonyl (C=O) groups excluding carboxylic acids is 2. The Morgan fingerprint density at radius 1 is 1.04 bits per heavy atom. The molecule has 1 fully saturated rings. The average Bonchev–Trinajstić information content (AvgIpc) is 2.95. The molecule has 23 heavy (non-hydrogen) atoms. The number of cyclic esters (lactones) is 1. The highest BCUT2D eigenvalue weighted by Gasteiger charge is 2.38. The molecule has 2 aromatic rings. The van der Waals surface area contributed by atoms with E-state index in [2.05, 4.69) is 0 Å².